The molecule has 0 aromatic carbocycles. The minimum atomic E-state index is -0.768. The van der Waals surface area contributed by atoms with Crippen molar-refractivity contribution in [2.75, 3.05) is 26.3 Å². The summed E-state index contributed by atoms with van der Waals surface area (Å²) < 4.78 is 10.6. The van der Waals surface area contributed by atoms with Gasteiger partial charge in [-0.1, -0.05) is 10.2 Å². The summed E-state index contributed by atoms with van der Waals surface area (Å²) in [6, 6.07) is 0. The first-order valence-corrected chi connectivity index (χ1v) is 4.42. The third kappa shape index (κ3) is 8.86. The molecule has 8 nitrogen and oxygen atoms in total. The minimum absolute atomic E-state index is 0.264. The zero-order chi connectivity index (χ0) is 11.6. The molecule has 8 heteroatoms. The van der Waals surface area contributed by atoms with E-state index in [-0.39, 0.29) is 13.1 Å². The van der Waals surface area contributed by atoms with Crippen LogP contribution in [-0.4, -0.2) is 32.1 Å². The van der Waals surface area contributed by atoms with Crippen molar-refractivity contribution in [2.24, 2.45) is 10.2 Å². The van der Waals surface area contributed by atoms with Crippen molar-refractivity contribution in [3.8, 4) is 0 Å². The van der Waals surface area contributed by atoms with Crippen LogP contribution in [0.5, 0.6) is 0 Å². The van der Waals surface area contributed by atoms with Gasteiger partial charge < -0.3 is 9.47 Å². The molecule has 0 saturated heterocycles. The van der Waals surface area contributed by atoms with E-state index in [2.05, 4.69) is 20.1 Å². The standard InChI is InChI=1S/C7H14N6O2/c1-7(2,14-5-3-10-12-8)15-6-4-11-13-9/h3-6H2,1-2H3. The first kappa shape index (κ1) is 13.5. The summed E-state index contributed by atoms with van der Waals surface area (Å²) in [5.74, 6) is -0.768. The molecule has 84 valence electrons. The molecule has 0 aromatic heterocycles. The first-order chi connectivity index (χ1) is 7.12. The fourth-order valence-electron chi connectivity index (χ4n) is 0.796. The van der Waals surface area contributed by atoms with Gasteiger partial charge in [0.15, 0.2) is 5.79 Å². The molecule has 15 heavy (non-hydrogen) atoms. The van der Waals surface area contributed by atoms with Crippen LogP contribution >= 0.6 is 0 Å². The molecule has 0 radical (unpaired) electrons. The van der Waals surface area contributed by atoms with Crippen molar-refractivity contribution in [1.29, 1.82) is 0 Å². The molecule has 0 amide bonds. The molecule has 0 aliphatic carbocycles. The lowest BCUT2D eigenvalue weighted by atomic mass is 10.4. The quantitative estimate of drug-likeness (QED) is 0.203. The summed E-state index contributed by atoms with van der Waals surface area (Å²) in [6.45, 7) is 4.58. The molecule has 0 rings (SSSR count). The van der Waals surface area contributed by atoms with E-state index in [0.717, 1.165) is 0 Å². The van der Waals surface area contributed by atoms with Gasteiger partial charge in [-0.25, -0.2) is 0 Å². The highest BCUT2D eigenvalue weighted by Crippen LogP contribution is 2.10. The van der Waals surface area contributed by atoms with Gasteiger partial charge >= 0.3 is 0 Å². The van der Waals surface area contributed by atoms with Gasteiger partial charge in [0.2, 0.25) is 0 Å². The Morgan fingerprint density at radius 2 is 1.40 bits per heavy atom. The number of ether oxygens (including phenoxy) is 2. The van der Waals surface area contributed by atoms with Crippen molar-refractivity contribution in [2.45, 2.75) is 19.6 Å². The Balaban J connectivity index is 3.65. The van der Waals surface area contributed by atoms with E-state index >= 15 is 0 Å². The van der Waals surface area contributed by atoms with E-state index in [4.69, 9.17) is 20.5 Å². The molecule has 0 aliphatic heterocycles. The molecule has 0 spiro atoms. The molecular formula is C7H14N6O2. The lowest BCUT2D eigenvalue weighted by Crippen LogP contribution is -2.30. The van der Waals surface area contributed by atoms with Crippen LogP contribution in [0.3, 0.4) is 0 Å². The van der Waals surface area contributed by atoms with Crippen molar-refractivity contribution < 1.29 is 9.47 Å². The van der Waals surface area contributed by atoms with Crippen LogP contribution in [0.1, 0.15) is 13.8 Å². The molecule has 0 saturated carbocycles. The molecule has 0 atom stereocenters. The number of azide groups is 2. The summed E-state index contributed by atoms with van der Waals surface area (Å²) >= 11 is 0. The highest BCUT2D eigenvalue weighted by atomic mass is 16.7. The molecule has 0 unspecified atom stereocenters. The Bertz CT molecular complexity index is 241. The summed E-state index contributed by atoms with van der Waals surface area (Å²) in [6.07, 6.45) is 0. The predicted molar refractivity (Wildman–Crippen MR) is 54.0 cm³/mol. The molecule has 0 heterocycles. The predicted octanol–water partition coefficient (Wildman–Crippen LogP) is 2.38. The second-order valence-corrected chi connectivity index (χ2v) is 3.01. The minimum Gasteiger partial charge on any atom is -0.350 e. The maximum Gasteiger partial charge on any atom is 0.162 e. The SMILES string of the molecule is CC(C)(OCCN=[N+]=[N-])OCCN=[N+]=[N-]. The van der Waals surface area contributed by atoms with Gasteiger partial charge in [-0.3, -0.25) is 0 Å². The normalized spacial score (nSPS) is 10.3. The molecular weight excluding hydrogens is 200 g/mol. The smallest absolute Gasteiger partial charge is 0.162 e. The topological polar surface area (TPSA) is 116 Å². The molecule has 0 fully saturated rings. The van der Waals surface area contributed by atoms with E-state index < -0.39 is 5.79 Å². The van der Waals surface area contributed by atoms with Gasteiger partial charge in [0.05, 0.1) is 13.2 Å². The largest absolute Gasteiger partial charge is 0.350 e. The Kier molecular flexibility index (Phi) is 7.13. The number of hydrogen-bond acceptors (Lipinski definition) is 4. The molecule has 0 N–H and O–H groups in total. The van der Waals surface area contributed by atoms with Gasteiger partial charge in [-0.05, 0) is 24.9 Å². The highest BCUT2D eigenvalue weighted by Gasteiger charge is 2.17. The third-order valence-corrected chi connectivity index (χ3v) is 1.41. The maximum atomic E-state index is 8.02. The van der Waals surface area contributed by atoms with Crippen LogP contribution in [0.15, 0.2) is 10.2 Å². The van der Waals surface area contributed by atoms with Gasteiger partial charge in [-0.2, -0.15) is 0 Å². The van der Waals surface area contributed by atoms with Gasteiger partial charge in [0.25, 0.3) is 0 Å². The average molecular weight is 214 g/mol. The number of rotatable bonds is 8. The van der Waals surface area contributed by atoms with Crippen molar-refractivity contribution >= 4 is 0 Å². The van der Waals surface area contributed by atoms with E-state index in [1.54, 1.807) is 13.8 Å². The Hall–Kier alpha value is -1.46. The monoisotopic (exact) mass is 214 g/mol. The van der Waals surface area contributed by atoms with Crippen LogP contribution in [0, 0.1) is 0 Å². The number of hydrogen-bond donors (Lipinski definition) is 0. The van der Waals surface area contributed by atoms with Crippen LogP contribution < -0.4 is 0 Å². The van der Waals surface area contributed by atoms with Crippen LogP contribution in [0.4, 0.5) is 0 Å². The summed E-state index contributed by atoms with van der Waals surface area (Å²) in [5.41, 5.74) is 16.0. The average Bonchev–Trinajstić information content (AvgIpc) is 2.20. The second-order valence-electron chi connectivity index (χ2n) is 3.01. The number of nitrogens with zero attached hydrogens (tertiary/aromatic N) is 6. The van der Waals surface area contributed by atoms with Crippen molar-refractivity contribution in [3.05, 3.63) is 20.9 Å². The van der Waals surface area contributed by atoms with Crippen molar-refractivity contribution in [1.82, 2.24) is 0 Å². The van der Waals surface area contributed by atoms with Crippen molar-refractivity contribution in [3.63, 3.8) is 0 Å². The molecule has 0 aliphatic rings. The maximum absolute atomic E-state index is 8.02. The van der Waals surface area contributed by atoms with E-state index in [9.17, 15) is 0 Å². The zero-order valence-electron chi connectivity index (χ0n) is 8.83. The molecule has 0 aromatic rings. The van der Waals surface area contributed by atoms with Crippen LogP contribution in [-0.2, 0) is 9.47 Å². The summed E-state index contributed by atoms with van der Waals surface area (Å²) in [5, 5.41) is 6.64. The lowest BCUT2D eigenvalue weighted by Gasteiger charge is -2.25. The summed E-state index contributed by atoms with van der Waals surface area (Å²) in [4.78, 5) is 5.18. The molecule has 0 bridgehead atoms. The van der Waals surface area contributed by atoms with E-state index in [1.807, 2.05) is 0 Å². The fourth-order valence-corrected chi connectivity index (χ4v) is 0.796. The Morgan fingerprint density at radius 3 is 1.73 bits per heavy atom. The summed E-state index contributed by atoms with van der Waals surface area (Å²) in [7, 11) is 0. The Labute approximate surface area is 87.4 Å². The lowest BCUT2D eigenvalue weighted by molar-refractivity contribution is -0.209. The van der Waals surface area contributed by atoms with Gasteiger partial charge in [0, 0.05) is 22.9 Å². The van der Waals surface area contributed by atoms with Gasteiger partial charge in [-0.15, -0.1) is 0 Å². The van der Waals surface area contributed by atoms with E-state index in [0.29, 0.717) is 13.2 Å². The fraction of sp³-hybridized carbons (Fsp3) is 1.00. The van der Waals surface area contributed by atoms with Crippen LogP contribution in [0.2, 0.25) is 0 Å². The van der Waals surface area contributed by atoms with Gasteiger partial charge in [0.1, 0.15) is 0 Å². The second kappa shape index (κ2) is 7.90. The Morgan fingerprint density at radius 1 is 1.00 bits per heavy atom. The zero-order valence-corrected chi connectivity index (χ0v) is 8.83. The van der Waals surface area contributed by atoms with Crippen LogP contribution in [0.25, 0.3) is 20.9 Å². The highest BCUT2D eigenvalue weighted by molar-refractivity contribution is 4.56. The third-order valence-electron chi connectivity index (χ3n) is 1.41. The van der Waals surface area contributed by atoms with E-state index in [1.165, 1.54) is 0 Å². The first-order valence-electron chi connectivity index (χ1n) is 4.42.